The molecule has 0 bridgehead atoms. The summed E-state index contributed by atoms with van der Waals surface area (Å²) in [4.78, 5) is 43.6. The molecule has 1 aliphatic carbocycles. The second-order valence-electron chi connectivity index (χ2n) is 11.8. The first-order chi connectivity index (χ1) is 23.9. The summed E-state index contributed by atoms with van der Waals surface area (Å²) < 4.78 is 6.48. The zero-order valence-corrected chi connectivity index (χ0v) is 31.0. The van der Waals surface area contributed by atoms with Gasteiger partial charge < -0.3 is 30.9 Å². The van der Waals surface area contributed by atoms with Gasteiger partial charge in [-0.05, 0) is 111 Å². The molecule has 1 aliphatic rings. The van der Waals surface area contributed by atoms with Crippen molar-refractivity contribution in [3.63, 3.8) is 0 Å². The van der Waals surface area contributed by atoms with Crippen LogP contribution in [0.15, 0.2) is 72.8 Å². The van der Waals surface area contributed by atoms with E-state index in [1.165, 1.54) is 11.3 Å². The average molecular weight is 794 g/mol. The van der Waals surface area contributed by atoms with E-state index < -0.39 is 0 Å². The van der Waals surface area contributed by atoms with Gasteiger partial charge in [-0.1, -0.05) is 34.7 Å². The Balaban J connectivity index is 1.23. The number of nitrogens with one attached hydrogen (secondary N) is 4. The second-order valence-corrected chi connectivity index (χ2v) is 13.9. The molecule has 0 saturated heterocycles. The zero-order chi connectivity index (χ0) is 34.6. The zero-order valence-electron chi connectivity index (χ0n) is 28.1. The lowest BCUT2D eigenvalue weighted by atomic mass is 9.95. The minimum atomic E-state index is -0.275. The molecule has 9 nitrogen and oxygen atoms in total. The first-order valence-electron chi connectivity index (χ1n) is 16.9. The predicted octanol–water partition coefficient (Wildman–Crippen LogP) is 7.77. The maximum atomic E-state index is 13.8. The largest absolute Gasteiger partial charge is 0.379 e. The SMILES string of the molecule is CCN(CC)c1ccc(NC(=O)c2ccc(NC(=O)c3c(NC(=O)c4cccc(CNCCOCCI)c4)sc4c3CCCC4)cc2)cc1. The first kappa shape index (κ1) is 36.5. The van der Waals surface area contributed by atoms with E-state index in [4.69, 9.17) is 4.74 Å². The summed E-state index contributed by atoms with van der Waals surface area (Å²) in [5, 5.41) is 12.9. The topological polar surface area (TPSA) is 112 Å². The Kier molecular flexibility index (Phi) is 13.6. The molecule has 0 saturated carbocycles. The van der Waals surface area contributed by atoms with Gasteiger partial charge in [0.15, 0.2) is 0 Å². The van der Waals surface area contributed by atoms with Crippen LogP contribution in [0.5, 0.6) is 0 Å². The molecule has 1 heterocycles. The molecule has 5 rings (SSSR count). The van der Waals surface area contributed by atoms with Crippen molar-refractivity contribution < 1.29 is 19.1 Å². The fraction of sp³-hybridized carbons (Fsp3) is 0.342. The fourth-order valence-corrected chi connectivity index (χ4v) is 7.46. The van der Waals surface area contributed by atoms with E-state index in [2.05, 4.69) is 62.6 Å². The van der Waals surface area contributed by atoms with Gasteiger partial charge in [0.25, 0.3) is 17.7 Å². The van der Waals surface area contributed by atoms with E-state index in [-0.39, 0.29) is 17.7 Å². The van der Waals surface area contributed by atoms with Crippen LogP contribution in [0.25, 0.3) is 0 Å². The van der Waals surface area contributed by atoms with Crippen molar-refractivity contribution in [2.75, 3.05) is 58.1 Å². The van der Waals surface area contributed by atoms with Crippen LogP contribution in [-0.2, 0) is 24.1 Å². The van der Waals surface area contributed by atoms with Crippen LogP contribution in [0.1, 0.15) is 73.8 Å². The number of fused-ring (bicyclic) bond motifs is 1. The van der Waals surface area contributed by atoms with Gasteiger partial charge in [0, 0.05) is 63.7 Å². The number of rotatable bonds is 16. The van der Waals surface area contributed by atoms with Crippen molar-refractivity contribution in [1.82, 2.24) is 5.32 Å². The van der Waals surface area contributed by atoms with Crippen molar-refractivity contribution in [1.29, 1.82) is 0 Å². The summed E-state index contributed by atoms with van der Waals surface area (Å²) in [6.45, 7) is 8.80. The Labute approximate surface area is 306 Å². The lowest BCUT2D eigenvalue weighted by molar-refractivity contribution is 0.101. The number of halogens is 1. The lowest BCUT2D eigenvalue weighted by Gasteiger charge is -2.21. The Bertz CT molecular complexity index is 1720. The summed E-state index contributed by atoms with van der Waals surface area (Å²) in [5.41, 5.74) is 5.93. The van der Waals surface area contributed by atoms with Crippen molar-refractivity contribution in [2.24, 2.45) is 0 Å². The number of ether oxygens (including phenoxy) is 1. The summed E-state index contributed by atoms with van der Waals surface area (Å²) in [6, 6.07) is 22.2. The van der Waals surface area contributed by atoms with Gasteiger partial charge >= 0.3 is 0 Å². The lowest BCUT2D eigenvalue weighted by Crippen LogP contribution is -2.21. The molecule has 3 amide bonds. The van der Waals surface area contributed by atoms with Crippen molar-refractivity contribution in [3.05, 3.63) is 105 Å². The van der Waals surface area contributed by atoms with Crippen LogP contribution in [-0.4, -0.2) is 55.0 Å². The van der Waals surface area contributed by atoms with Gasteiger partial charge in [-0.15, -0.1) is 11.3 Å². The highest BCUT2D eigenvalue weighted by Crippen LogP contribution is 2.39. The van der Waals surface area contributed by atoms with E-state index in [1.54, 1.807) is 30.3 Å². The quantitative estimate of drug-likeness (QED) is 0.0525. The molecule has 0 spiro atoms. The maximum absolute atomic E-state index is 13.8. The highest BCUT2D eigenvalue weighted by molar-refractivity contribution is 14.1. The molecular weight excluding hydrogens is 749 g/mol. The predicted molar refractivity (Wildman–Crippen MR) is 209 cm³/mol. The Morgan fingerprint density at radius 1 is 0.796 bits per heavy atom. The Hall–Kier alpha value is -3.78. The second kappa shape index (κ2) is 18.3. The van der Waals surface area contributed by atoms with Crippen LogP contribution in [0.4, 0.5) is 22.1 Å². The third-order valence-electron chi connectivity index (χ3n) is 8.45. The van der Waals surface area contributed by atoms with Gasteiger partial charge in [0.2, 0.25) is 0 Å². The summed E-state index contributed by atoms with van der Waals surface area (Å²) in [7, 11) is 0. The average Bonchev–Trinajstić information content (AvgIpc) is 3.49. The number of anilines is 4. The molecular formula is C38H44IN5O4S. The van der Waals surface area contributed by atoms with Crippen molar-refractivity contribution >= 4 is 73.7 Å². The van der Waals surface area contributed by atoms with Crippen molar-refractivity contribution in [2.45, 2.75) is 46.1 Å². The Morgan fingerprint density at radius 2 is 1.47 bits per heavy atom. The first-order valence-corrected chi connectivity index (χ1v) is 19.2. The minimum Gasteiger partial charge on any atom is -0.379 e. The number of carbonyl (C=O) groups excluding carboxylic acids is 3. The smallest absolute Gasteiger partial charge is 0.258 e. The van der Waals surface area contributed by atoms with Crippen LogP contribution in [0, 0.1) is 0 Å². The summed E-state index contributed by atoms with van der Waals surface area (Å²) >= 11 is 3.77. The van der Waals surface area contributed by atoms with Gasteiger partial charge in [0.05, 0.1) is 18.8 Å². The molecule has 0 atom stereocenters. The number of thiophene rings is 1. The van der Waals surface area contributed by atoms with E-state index in [1.807, 2.05) is 42.5 Å². The molecule has 0 fully saturated rings. The van der Waals surface area contributed by atoms with E-state index in [0.717, 1.165) is 78.0 Å². The monoisotopic (exact) mass is 793 g/mol. The van der Waals surface area contributed by atoms with E-state index in [0.29, 0.717) is 46.2 Å². The standard InChI is InChI=1S/C38H44IN5O4S/c1-3-44(4-2)31-18-16-30(17-19-31)41-35(45)27-12-14-29(15-13-27)42-37(47)34-32-10-5-6-11-33(32)49-38(34)43-36(46)28-9-7-8-26(24-28)25-40-21-23-48-22-20-39/h7-9,12-19,24,40H,3-6,10-11,20-23,25H2,1-2H3,(H,41,45)(H,42,47)(H,43,46). The van der Waals surface area contributed by atoms with Crippen molar-refractivity contribution in [3.8, 4) is 0 Å². The molecule has 49 heavy (non-hydrogen) atoms. The number of benzene rings is 3. The number of nitrogens with zero attached hydrogens (tertiary/aromatic N) is 1. The molecule has 4 aromatic rings. The van der Waals surface area contributed by atoms with Crippen LogP contribution < -0.4 is 26.2 Å². The third kappa shape index (κ3) is 9.90. The van der Waals surface area contributed by atoms with Gasteiger partial charge in [-0.3, -0.25) is 14.4 Å². The molecule has 0 unspecified atom stereocenters. The van der Waals surface area contributed by atoms with Crippen LogP contribution in [0.3, 0.4) is 0 Å². The number of hydrogen-bond acceptors (Lipinski definition) is 7. The normalized spacial score (nSPS) is 12.2. The summed E-state index contributed by atoms with van der Waals surface area (Å²) in [6.07, 6.45) is 3.74. The van der Waals surface area contributed by atoms with Gasteiger partial charge in [-0.25, -0.2) is 0 Å². The molecule has 11 heteroatoms. The fourth-order valence-electron chi connectivity index (χ4n) is 5.87. The minimum absolute atomic E-state index is 0.231. The number of carbonyl (C=O) groups is 3. The number of aryl methyl sites for hydroxylation is 1. The van der Waals surface area contributed by atoms with Gasteiger partial charge in [0.1, 0.15) is 5.00 Å². The van der Waals surface area contributed by atoms with E-state index >= 15 is 0 Å². The molecule has 0 radical (unpaired) electrons. The molecule has 1 aromatic heterocycles. The molecule has 258 valence electrons. The molecule has 0 aliphatic heterocycles. The highest BCUT2D eigenvalue weighted by Gasteiger charge is 2.27. The highest BCUT2D eigenvalue weighted by atomic mass is 127. The number of hydrogen-bond donors (Lipinski definition) is 4. The van der Waals surface area contributed by atoms with Crippen LogP contribution in [0.2, 0.25) is 0 Å². The maximum Gasteiger partial charge on any atom is 0.258 e. The Morgan fingerprint density at radius 3 is 2.18 bits per heavy atom. The molecule has 3 aromatic carbocycles. The van der Waals surface area contributed by atoms with Gasteiger partial charge in [-0.2, -0.15) is 0 Å². The van der Waals surface area contributed by atoms with E-state index in [9.17, 15) is 14.4 Å². The number of amides is 3. The molecule has 4 N–H and O–H groups in total. The third-order valence-corrected chi connectivity index (χ3v) is 10.1. The van der Waals surface area contributed by atoms with Crippen LogP contribution >= 0.6 is 33.9 Å². The number of alkyl halides is 1. The summed E-state index contributed by atoms with van der Waals surface area (Å²) in [5.74, 6) is -0.758.